The van der Waals surface area contributed by atoms with Crippen LogP contribution in [0.5, 0.6) is 5.75 Å². The van der Waals surface area contributed by atoms with Crippen molar-refractivity contribution in [1.29, 1.82) is 0 Å². The molecule has 1 aromatic carbocycles. The number of carbonyl (C=O) groups excluding carboxylic acids is 1. The number of nitro groups is 1. The number of anilines is 1. The lowest BCUT2D eigenvalue weighted by molar-refractivity contribution is -0.384. The molecule has 0 unspecified atom stereocenters. The molecule has 150 valence electrons. The van der Waals surface area contributed by atoms with Gasteiger partial charge in [-0.25, -0.2) is 0 Å². The largest absolute Gasteiger partial charge is 0.506 e. The number of nitrogens with one attached hydrogen (secondary N) is 1. The zero-order valence-electron chi connectivity index (χ0n) is 14.2. The van der Waals surface area contributed by atoms with E-state index in [0.29, 0.717) is 5.69 Å². The Balaban J connectivity index is 1.71. The van der Waals surface area contributed by atoms with Crippen LogP contribution < -0.4 is 5.32 Å². The smallest absolute Gasteiger partial charge is 0.436 e. The maximum absolute atomic E-state index is 13.1. The summed E-state index contributed by atoms with van der Waals surface area (Å²) in [5.74, 6) is -1.09. The Kier molecular flexibility index (Phi) is 5.33. The molecule has 1 fully saturated rings. The van der Waals surface area contributed by atoms with E-state index in [1.54, 1.807) is 0 Å². The first-order valence-electron chi connectivity index (χ1n) is 8.18. The van der Waals surface area contributed by atoms with E-state index in [4.69, 9.17) is 0 Å². The lowest BCUT2D eigenvalue weighted by Crippen LogP contribution is -2.16. The van der Waals surface area contributed by atoms with E-state index in [0.717, 1.165) is 25.0 Å². The van der Waals surface area contributed by atoms with Gasteiger partial charge >= 0.3 is 6.18 Å². The van der Waals surface area contributed by atoms with E-state index in [-0.39, 0.29) is 34.7 Å². The lowest BCUT2D eigenvalue weighted by Gasteiger charge is -2.09. The van der Waals surface area contributed by atoms with E-state index in [1.807, 2.05) is 0 Å². The zero-order valence-corrected chi connectivity index (χ0v) is 15.7. The first-order valence-corrected chi connectivity index (χ1v) is 8.98. The number of rotatable bonds is 6. The van der Waals surface area contributed by atoms with Crippen molar-refractivity contribution in [2.45, 2.75) is 37.9 Å². The number of alkyl halides is 3. The van der Waals surface area contributed by atoms with Gasteiger partial charge in [0, 0.05) is 18.4 Å². The number of carbonyl (C=O) groups is 1. The Bertz CT molecular complexity index is 941. The van der Waals surface area contributed by atoms with Gasteiger partial charge in [-0.05, 0) is 34.8 Å². The molecule has 2 aromatic rings. The third-order valence-electron chi connectivity index (χ3n) is 4.18. The quantitative estimate of drug-likeness (QED) is 0.380. The predicted octanol–water partition coefficient (Wildman–Crippen LogP) is 4.18. The fraction of sp³-hybridized carbons (Fsp3) is 0.375. The average Bonchev–Trinajstić information content (AvgIpc) is 3.36. The summed E-state index contributed by atoms with van der Waals surface area (Å²) in [7, 11) is 0. The van der Waals surface area contributed by atoms with Crippen LogP contribution in [0.2, 0.25) is 0 Å². The summed E-state index contributed by atoms with van der Waals surface area (Å²) in [5, 5.41) is 26.4. The third-order valence-corrected chi connectivity index (χ3v) is 4.96. The molecule has 1 saturated carbocycles. The average molecular weight is 463 g/mol. The standard InChI is InChI=1S/C16H14BrF3N4O4/c17-13-14(8-1-2-8)23(22-15(13)16(18,19)20)6-5-12(26)21-10-4-3-9(24(27)28)7-11(10)25/h3-4,7-8,25H,1-2,5-6H2,(H,21,26). The molecule has 1 aromatic heterocycles. The zero-order chi connectivity index (χ0) is 20.6. The summed E-state index contributed by atoms with van der Waals surface area (Å²) in [6.07, 6.45) is -3.29. The molecular formula is C16H14BrF3N4O4. The van der Waals surface area contributed by atoms with Crippen LogP contribution in [-0.2, 0) is 17.5 Å². The van der Waals surface area contributed by atoms with Gasteiger partial charge in [0.2, 0.25) is 5.91 Å². The fourth-order valence-corrected chi connectivity index (χ4v) is 3.54. The molecule has 1 aliphatic carbocycles. The van der Waals surface area contributed by atoms with Gasteiger partial charge in [-0.3, -0.25) is 19.6 Å². The summed E-state index contributed by atoms with van der Waals surface area (Å²) < 4.78 is 40.3. The van der Waals surface area contributed by atoms with Crippen LogP contribution in [0.25, 0.3) is 0 Å². The summed E-state index contributed by atoms with van der Waals surface area (Å²) >= 11 is 2.98. The van der Waals surface area contributed by atoms with Crippen LogP contribution in [0, 0.1) is 10.1 Å². The summed E-state index contributed by atoms with van der Waals surface area (Å²) in [4.78, 5) is 22.1. The highest BCUT2D eigenvalue weighted by molar-refractivity contribution is 9.10. The predicted molar refractivity (Wildman–Crippen MR) is 94.9 cm³/mol. The van der Waals surface area contributed by atoms with Gasteiger partial charge in [0.1, 0.15) is 5.75 Å². The van der Waals surface area contributed by atoms with Gasteiger partial charge < -0.3 is 10.4 Å². The van der Waals surface area contributed by atoms with Crippen LogP contribution in [0.3, 0.4) is 0 Å². The number of phenols is 1. The van der Waals surface area contributed by atoms with Crippen molar-refractivity contribution in [1.82, 2.24) is 9.78 Å². The molecule has 1 heterocycles. The minimum Gasteiger partial charge on any atom is -0.506 e. The van der Waals surface area contributed by atoms with Crippen molar-refractivity contribution in [3.63, 3.8) is 0 Å². The molecule has 28 heavy (non-hydrogen) atoms. The summed E-state index contributed by atoms with van der Waals surface area (Å²) in [6, 6.07) is 3.18. The molecule has 0 spiro atoms. The van der Waals surface area contributed by atoms with Crippen LogP contribution in [0.15, 0.2) is 22.7 Å². The number of benzene rings is 1. The molecule has 1 amide bonds. The Morgan fingerprint density at radius 1 is 1.43 bits per heavy atom. The first-order chi connectivity index (χ1) is 13.1. The summed E-state index contributed by atoms with van der Waals surface area (Å²) in [6.45, 7) is -0.0832. The molecule has 1 aliphatic rings. The molecule has 0 atom stereocenters. The number of aryl methyl sites for hydroxylation is 1. The van der Waals surface area contributed by atoms with Crippen molar-refractivity contribution in [3.05, 3.63) is 44.2 Å². The molecule has 0 bridgehead atoms. The van der Waals surface area contributed by atoms with Gasteiger partial charge in [0.05, 0.1) is 33.4 Å². The third kappa shape index (κ3) is 4.26. The minimum atomic E-state index is -4.61. The minimum absolute atomic E-state index is 0.0280. The van der Waals surface area contributed by atoms with Crippen molar-refractivity contribution < 1.29 is 28.0 Å². The van der Waals surface area contributed by atoms with Gasteiger partial charge in [-0.1, -0.05) is 0 Å². The monoisotopic (exact) mass is 462 g/mol. The lowest BCUT2D eigenvalue weighted by atomic mass is 10.2. The second-order valence-electron chi connectivity index (χ2n) is 6.30. The molecule has 0 saturated heterocycles. The maximum atomic E-state index is 13.1. The van der Waals surface area contributed by atoms with E-state index in [2.05, 4.69) is 26.3 Å². The Hall–Kier alpha value is -2.63. The maximum Gasteiger partial charge on any atom is 0.436 e. The van der Waals surface area contributed by atoms with Crippen molar-refractivity contribution in [2.24, 2.45) is 0 Å². The van der Waals surface area contributed by atoms with Crippen molar-refractivity contribution >= 4 is 33.2 Å². The molecule has 0 radical (unpaired) electrons. The molecule has 0 aliphatic heterocycles. The molecule has 3 rings (SSSR count). The first kappa shape index (κ1) is 20.1. The second-order valence-corrected chi connectivity index (χ2v) is 7.09. The normalized spacial score (nSPS) is 14.1. The number of nitro benzene ring substituents is 1. The highest BCUT2D eigenvalue weighted by atomic mass is 79.9. The SMILES string of the molecule is O=C(CCn1nc(C(F)(F)F)c(Br)c1C1CC1)Nc1ccc([N+](=O)[O-])cc1O. The Labute approximate surface area is 164 Å². The molecule has 8 nitrogen and oxygen atoms in total. The second kappa shape index (κ2) is 7.41. The number of hydrogen-bond acceptors (Lipinski definition) is 5. The fourth-order valence-electron chi connectivity index (χ4n) is 2.71. The molecule has 12 heteroatoms. The topological polar surface area (TPSA) is 110 Å². The van der Waals surface area contributed by atoms with E-state index >= 15 is 0 Å². The van der Waals surface area contributed by atoms with E-state index in [1.165, 1.54) is 10.7 Å². The van der Waals surface area contributed by atoms with Gasteiger partial charge in [0.25, 0.3) is 5.69 Å². The van der Waals surface area contributed by atoms with Gasteiger partial charge in [-0.2, -0.15) is 18.3 Å². The van der Waals surface area contributed by atoms with Crippen molar-refractivity contribution in [2.75, 3.05) is 5.32 Å². The van der Waals surface area contributed by atoms with Crippen LogP contribution >= 0.6 is 15.9 Å². The Morgan fingerprint density at radius 2 is 2.11 bits per heavy atom. The molecule has 2 N–H and O–H groups in total. The highest BCUT2D eigenvalue weighted by Crippen LogP contribution is 2.47. The van der Waals surface area contributed by atoms with Gasteiger partial charge in [0.15, 0.2) is 5.69 Å². The van der Waals surface area contributed by atoms with Crippen LogP contribution in [0.1, 0.15) is 36.6 Å². The highest BCUT2D eigenvalue weighted by Gasteiger charge is 2.41. The number of aromatic nitrogens is 2. The summed E-state index contributed by atoms with van der Waals surface area (Å²) in [5.41, 5.74) is -0.984. The Morgan fingerprint density at radius 3 is 2.64 bits per heavy atom. The number of halogens is 4. The van der Waals surface area contributed by atoms with E-state index < -0.39 is 28.5 Å². The number of amides is 1. The number of nitrogens with zero attached hydrogens (tertiary/aromatic N) is 3. The van der Waals surface area contributed by atoms with E-state index in [9.17, 15) is 33.2 Å². The number of non-ortho nitro benzene ring substituents is 1. The molecular weight excluding hydrogens is 449 g/mol. The van der Waals surface area contributed by atoms with Crippen LogP contribution in [0.4, 0.5) is 24.5 Å². The number of phenolic OH excluding ortho intramolecular Hbond substituents is 1. The van der Waals surface area contributed by atoms with Crippen LogP contribution in [-0.4, -0.2) is 25.7 Å². The number of aromatic hydroxyl groups is 1. The van der Waals surface area contributed by atoms with Crippen molar-refractivity contribution in [3.8, 4) is 5.75 Å². The number of hydrogen-bond donors (Lipinski definition) is 2. The van der Waals surface area contributed by atoms with Gasteiger partial charge in [-0.15, -0.1) is 0 Å².